The molecular formula is C66H78BIrN6O2-. The van der Waals surface area contributed by atoms with Gasteiger partial charge in [0.25, 0.3) is 0 Å². The first-order valence-electron chi connectivity index (χ1n) is 26.2. The van der Waals surface area contributed by atoms with Gasteiger partial charge in [-0.25, -0.2) is 0 Å². The second-order valence-corrected chi connectivity index (χ2v) is 21.0. The Balaban J connectivity index is 0.000000236. The van der Waals surface area contributed by atoms with Gasteiger partial charge in [0.1, 0.15) is 11.6 Å². The molecule has 397 valence electrons. The molecule has 0 aliphatic carbocycles. The van der Waals surface area contributed by atoms with Crippen molar-refractivity contribution in [3.05, 3.63) is 209 Å². The number of benzene rings is 7. The summed E-state index contributed by atoms with van der Waals surface area (Å²) in [6.07, 6.45) is 6.83. The monoisotopic (exact) mass is 1190 g/mol. The largest absolute Gasteiger partial charge is 0.488 e. The summed E-state index contributed by atoms with van der Waals surface area (Å²) in [7, 11) is -1.34. The van der Waals surface area contributed by atoms with Crippen LogP contribution in [0.5, 0.6) is 0 Å². The van der Waals surface area contributed by atoms with E-state index in [-0.39, 0.29) is 38.4 Å². The molecule has 9 rings (SSSR count). The molecule has 0 unspecified atom stereocenters. The third-order valence-corrected chi connectivity index (χ3v) is 13.9. The Hall–Kier alpha value is -6.55. The minimum Gasteiger partial charge on any atom is -0.423 e. The smallest absolute Gasteiger partial charge is 0.423 e. The number of aryl methyl sites for hydroxylation is 5. The minimum atomic E-state index is -1.34. The number of nitrogens with zero attached hydrogens (tertiary/aromatic N) is 6. The molecule has 7 aromatic carbocycles. The fourth-order valence-electron chi connectivity index (χ4n) is 9.43. The van der Waals surface area contributed by atoms with Crippen LogP contribution in [0.1, 0.15) is 127 Å². The van der Waals surface area contributed by atoms with Crippen molar-refractivity contribution in [2.24, 2.45) is 0 Å². The summed E-state index contributed by atoms with van der Waals surface area (Å²) >= 11 is 0. The van der Waals surface area contributed by atoms with E-state index < -0.39 is 7.12 Å². The molecule has 8 nitrogen and oxygen atoms in total. The van der Waals surface area contributed by atoms with Crippen LogP contribution in [0.15, 0.2) is 164 Å². The van der Waals surface area contributed by atoms with Crippen LogP contribution in [0.3, 0.4) is 0 Å². The first-order chi connectivity index (χ1) is 35.5. The molecule has 0 bridgehead atoms. The van der Waals surface area contributed by atoms with Crippen LogP contribution in [0, 0.1) is 40.7 Å². The average Bonchev–Trinajstić information content (AvgIpc) is 4.07. The first kappa shape index (κ1) is 60.3. The molecule has 0 saturated heterocycles. The molecule has 9 aromatic rings. The van der Waals surface area contributed by atoms with Gasteiger partial charge in [0, 0.05) is 47.9 Å². The van der Waals surface area contributed by atoms with Gasteiger partial charge in [0.2, 0.25) is 0 Å². The average molecular weight is 1190 g/mol. The zero-order valence-electron chi connectivity index (χ0n) is 45.8. The molecule has 0 spiro atoms. The van der Waals surface area contributed by atoms with Gasteiger partial charge in [-0.15, -0.1) is 44.6 Å². The Morgan fingerprint density at radius 1 is 0.500 bits per heavy atom. The van der Waals surface area contributed by atoms with Crippen molar-refractivity contribution in [3.63, 3.8) is 0 Å². The Labute approximate surface area is 468 Å². The second kappa shape index (κ2) is 27.5. The molecule has 0 aliphatic heterocycles. The summed E-state index contributed by atoms with van der Waals surface area (Å²) in [6, 6.07) is 59.4. The summed E-state index contributed by atoms with van der Waals surface area (Å²) < 4.78 is 4.52. The van der Waals surface area contributed by atoms with Crippen molar-refractivity contribution in [3.8, 4) is 56.4 Å². The maximum absolute atomic E-state index is 8.58. The van der Waals surface area contributed by atoms with E-state index in [2.05, 4.69) is 225 Å². The van der Waals surface area contributed by atoms with Gasteiger partial charge < -0.3 is 14.6 Å². The number of unbranched alkanes of at least 4 members (excludes halogenated alkanes) is 2. The van der Waals surface area contributed by atoms with E-state index in [1.807, 2.05) is 6.07 Å². The Morgan fingerprint density at radius 3 is 1.51 bits per heavy atom. The van der Waals surface area contributed by atoms with E-state index in [1.165, 1.54) is 69.3 Å². The van der Waals surface area contributed by atoms with Crippen molar-refractivity contribution in [1.82, 2.24) is 29.5 Å². The molecule has 0 atom stereocenters. The predicted octanol–water partition coefficient (Wildman–Crippen LogP) is 15.5. The van der Waals surface area contributed by atoms with Crippen molar-refractivity contribution in [2.45, 2.75) is 133 Å². The molecule has 2 aromatic heterocycles. The Bertz CT molecular complexity index is 3220. The second-order valence-electron chi connectivity index (χ2n) is 21.0. The van der Waals surface area contributed by atoms with E-state index in [0.29, 0.717) is 5.46 Å². The summed E-state index contributed by atoms with van der Waals surface area (Å²) in [4.78, 5) is 0. The topological polar surface area (TPSA) is 102 Å². The maximum Gasteiger partial charge on any atom is 0.488 e. The molecule has 0 aliphatic rings. The molecule has 0 fully saturated rings. The molecular weight excluding hydrogens is 1110 g/mol. The third kappa shape index (κ3) is 14.7. The van der Waals surface area contributed by atoms with Crippen molar-refractivity contribution in [2.75, 3.05) is 0 Å². The minimum absolute atomic E-state index is 0. The van der Waals surface area contributed by atoms with E-state index >= 15 is 0 Å². The van der Waals surface area contributed by atoms with Crippen molar-refractivity contribution < 1.29 is 30.2 Å². The van der Waals surface area contributed by atoms with Gasteiger partial charge in [-0.1, -0.05) is 226 Å². The molecule has 10 heteroatoms. The van der Waals surface area contributed by atoms with Gasteiger partial charge in [-0.3, -0.25) is 4.57 Å². The van der Waals surface area contributed by atoms with E-state index in [4.69, 9.17) is 30.4 Å². The quantitative estimate of drug-likeness (QED) is 0.0783. The number of rotatable bonds is 15. The fourth-order valence-corrected chi connectivity index (χ4v) is 9.43. The standard InChI is InChI=1S/C30H34N3.C29H33N3.C6H7BO2.CH4.Ir/c1-7-8-18-30(5,6)29-32-31-28(33(29)27-17-14-21(2)19-23(27)4)25-16-15-22(3)26(20-25)24-12-10-9-11-13-24;1-6-7-19-29(4,5)28-31-30-27(32(28)25-17-13-21(2)14-18-25)24-16-15-22(3)26(20-24)23-11-9-8-10-12-23;8-7(9)6-4-2-1-3-5-6;;/h9-15,17,19-20H,7-8,18H2,1-6H3;8-18,20H,6-7,19H2,1-5H3;1-5,8-9H;1H4;/q-1;;;;. The third-order valence-electron chi connectivity index (χ3n) is 13.9. The van der Waals surface area contributed by atoms with Gasteiger partial charge in [0.05, 0.1) is 5.82 Å². The molecule has 2 heterocycles. The zero-order chi connectivity index (χ0) is 53.0. The van der Waals surface area contributed by atoms with Crippen molar-refractivity contribution >= 4 is 12.6 Å². The van der Waals surface area contributed by atoms with Gasteiger partial charge in [-0.05, 0) is 98.1 Å². The first-order valence-corrected chi connectivity index (χ1v) is 26.2. The van der Waals surface area contributed by atoms with Gasteiger partial charge in [0.15, 0.2) is 5.82 Å². The zero-order valence-corrected chi connectivity index (χ0v) is 48.2. The molecule has 2 N–H and O–H groups in total. The maximum atomic E-state index is 8.58. The predicted molar refractivity (Wildman–Crippen MR) is 315 cm³/mol. The number of aromatic nitrogens is 6. The summed E-state index contributed by atoms with van der Waals surface area (Å²) in [5.74, 6) is 3.77. The normalized spacial score (nSPS) is 11.1. The Morgan fingerprint density at radius 2 is 1.00 bits per heavy atom. The van der Waals surface area contributed by atoms with Crippen LogP contribution < -0.4 is 5.46 Å². The van der Waals surface area contributed by atoms with Gasteiger partial charge >= 0.3 is 7.12 Å². The molecule has 0 amide bonds. The van der Waals surface area contributed by atoms with Crippen LogP contribution in [0.25, 0.3) is 56.4 Å². The van der Waals surface area contributed by atoms with Crippen LogP contribution in [0.2, 0.25) is 0 Å². The molecule has 76 heavy (non-hydrogen) atoms. The van der Waals surface area contributed by atoms with Crippen molar-refractivity contribution in [1.29, 1.82) is 0 Å². The summed E-state index contributed by atoms with van der Waals surface area (Å²) in [6.45, 7) is 24.3. The van der Waals surface area contributed by atoms with Crippen LogP contribution in [0.4, 0.5) is 0 Å². The fraction of sp³-hybridized carbons (Fsp3) is 0.303. The number of hydrogen-bond acceptors (Lipinski definition) is 6. The number of hydrogen-bond donors (Lipinski definition) is 2. The summed E-state index contributed by atoms with van der Waals surface area (Å²) in [5.41, 5.74) is 15.7. The van der Waals surface area contributed by atoms with E-state index in [1.54, 1.807) is 24.3 Å². The van der Waals surface area contributed by atoms with Crippen LogP contribution in [-0.2, 0) is 30.9 Å². The SMILES string of the molecule is C.CCCCC(C)(C)c1nnc(-c2[c-]cc(C)c(-c3ccccc3)c2)n1-c1ccc(C)cc1C.CCCCC(C)(C)c1nnc(-c2ccc(C)c(-c3ccccc3)c2)n1-c1ccc(C)cc1.OB(O)c1ccccc1.[Ir]. The van der Waals surface area contributed by atoms with E-state index in [9.17, 15) is 0 Å². The molecule has 1 radical (unpaired) electrons. The Kier molecular flexibility index (Phi) is 21.8. The van der Waals surface area contributed by atoms with Gasteiger partial charge in [-0.2, -0.15) is 5.10 Å². The van der Waals surface area contributed by atoms with Crippen LogP contribution in [-0.4, -0.2) is 46.7 Å². The summed E-state index contributed by atoms with van der Waals surface area (Å²) in [5, 5.41) is 36.2. The molecule has 0 saturated carbocycles. The van der Waals surface area contributed by atoms with Crippen LogP contribution >= 0.6 is 0 Å². The van der Waals surface area contributed by atoms with E-state index in [0.717, 1.165) is 65.1 Å².